The zero-order valence-corrected chi connectivity index (χ0v) is 9.32. The normalized spacial score (nSPS) is 12.4. The van der Waals surface area contributed by atoms with Crippen molar-refractivity contribution in [3.63, 3.8) is 0 Å². The molecule has 0 radical (unpaired) electrons. The number of halogens is 3. The predicted octanol–water partition coefficient (Wildman–Crippen LogP) is 3.14. The van der Waals surface area contributed by atoms with Crippen molar-refractivity contribution in [2.75, 3.05) is 0 Å². The fourth-order valence-corrected chi connectivity index (χ4v) is 1.45. The number of aromatic nitrogens is 2. The molecule has 0 N–H and O–H groups in total. The van der Waals surface area contributed by atoms with Gasteiger partial charge in [0.05, 0.1) is 6.10 Å². The highest BCUT2D eigenvalue weighted by Gasteiger charge is 2.33. The monoisotopic (exact) mass is 244 g/mol. The van der Waals surface area contributed by atoms with E-state index in [1.165, 1.54) is 16.7 Å². The molecule has 6 heteroatoms. The van der Waals surface area contributed by atoms with Crippen molar-refractivity contribution in [2.45, 2.75) is 26.1 Å². The molecule has 0 spiro atoms. The van der Waals surface area contributed by atoms with E-state index in [1.807, 2.05) is 13.8 Å². The van der Waals surface area contributed by atoms with Crippen LogP contribution in [0.15, 0.2) is 24.5 Å². The highest BCUT2D eigenvalue weighted by molar-refractivity contribution is 5.46. The van der Waals surface area contributed by atoms with Gasteiger partial charge < -0.3 is 9.14 Å². The summed E-state index contributed by atoms with van der Waals surface area (Å²) in [5.74, 6) is 0.506. The van der Waals surface area contributed by atoms with Crippen LogP contribution in [0.2, 0.25) is 0 Å². The molecule has 17 heavy (non-hydrogen) atoms. The highest BCUT2D eigenvalue weighted by Crippen LogP contribution is 2.29. The Hall–Kier alpha value is -1.72. The molecule has 0 aliphatic heterocycles. The Kier molecular flexibility index (Phi) is 2.73. The number of fused-ring (bicyclic) bond motifs is 1. The number of hydrogen-bond acceptors (Lipinski definition) is 2. The van der Waals surface area contributed by atoms with Gasteiger partial charge in [-0.1, -0.05) is 0 Å². The van der Waals surface area contributed by atoms with Gasteiger partial charge in [0.15, 0.2) is 5.69 Å². The summed E-state index contributed by atoms with van der Waals surface area (Å²) in [7, 11) is 0. The lowest BCUT2D eigenvalue weighted by Crippen LogP contribution is -2.05. The first-order valence-electron chi connectivity index (χ1n) is 5.09. The van der Waals surface area contributed by atoms with Gasteiger partial charge in [0.2, 0.25) is 0 Å². The number of hydrogen-bond donors (Lipinski definition) is 0. The van der Waals surface area contributed by atoms with E-state index >= 15 is 0 Å². The molecule has 0 amide bonds. The van der Waals surface area contributed by atoms with Crippen molar-refractivity contribution < 1.29 is 17.9 Å². The molecular weight excluding hydrogens is 233 g/mol. The summed E-state index contributed by atoms with van der Waals surface area (Å²) >= 11 is 0. The van der Waals surface area contributed by atoms with Gasteiger partial charge in [-0.2, -0.15) is 13.2 Å². The summed E-state index contributed by atoms with van der Waals surface area (Å²) in [6.07, 6.45) is -2.01. The van der Waals surface area contributed by atoms with Crippen molar-refractivity contribution in [2.24, 2.45) is 0 Å². The predicted molar refractivity (Wildman–Crippen MR) is 56.0 cm³/mol. The number of nitrogens with zero attached hydrogens (tertiary/aromatic N) is 2. The fourth-order valence-electron chi connectivity index (χ4n) is 1.45. The summed E-state index contributed by atoms with van der Waals surface area (Å²) in [6.45, 7) is 3.69. The van der Waals surface area contributed by atoms with Gasteiger partial charge in [0.25, 0.3) is 0 Å². The van der Waals surface area contributed by atoms with Crippen LogP contribution < -0.4 is 4.74 Å². The van der Waals surface area contributed by atoms with Gasteiger partial charge in [-0.05, 0) is 19.9 Å². The smallest absolute Gasteiger partial charge is 0.434 e. The maximum absolute atomic E-state index is 12.4. The van der Waals surface area contributed by atoms with E-state index < -0.39 is 11.9 Å². The van der Waals surface area contributed by atoms with Gasteiger partial charge in [0, 0.05) is 18.5 Å². The van der Waals surface area contributed by atoms with E-state index in [0.717, 1.165) is 6.20 Å². The van der Waals surface area contributed by atoms with Crippen molar-refractivity contribution >= 4 is 5.65 Å². The lowest BCUT2D eigenvalue weighted by atomic mass is 10.4. The first-order valence-corrected chi connectivity index (χ1v) is 5.09. The fraction of sp³-hybridized carbons (Fsp3) is 0.364. The molecule has 0 bridgehead atoms. The van der Waals surface area contributed by atoms with Crippen LogP contribution in [-0.4, -0.2) is 15.5 Å². The molecule has 2 rings (SSSR count). The van der Waals surface area contributed by atoms with Crippen LogP contribution in [0.3, 0.4) is 0 Å². The average molecular weight is 244 g/mol. The Morgan fingerprint density at radius 1 is 1.35 bits per heavy atom. The van der Waals surface area contributed by atoms with Crippen LogP contribution in [0, 0.1) is 0 Å². The lowest BCUT2D eigenvalue weighted by molar-refractivity contribution is -0.140. The molecule has 0 aliphatic rings. The Morgan fingerprint density at radius 3 is 2.65 bits per heavy atom. The molecule has 0 unspecified atom stereocenters. The Labute approximate surface area is 95.8 Å². The number of alkyl halides is 3. The van der Waals surface area contributed by atoms with E-state index in [2.05, 4.69) is 4.98 Å². The minimum Gasteiger partial charge on any atom is -0.491 e. The van der Waals surface area contributed by atoms with E-state index in [1.54, 1.807) is 6.07 Å². The number of pyridine rings is 1. The maximum Gasteiger partial charge on any atom is 0.434 e. The maximum atomic E-state index is 12.4. The van der Waals surface area contributed by atoms with Crippen molar-refractivity contribution in [3.8, 4) is 5.75 Å². The van der Waals surface area contributed by atoms with Crippen LogP contribution in [0.4, 0.5) is 13.2 Å². The third-order valence-corrected chi connectivity index (χ3v) is 2.09. The summed E-state index contributed by atoms with van der Waals surface area (Å²) in [5.41, 5.74) is -0.685. The molecule has 92 valence electrons. The van der Waals surface area contributed by atoms with Gasteiger partial charge in [0.1, 0.15) is 11.4 Å². The van der Waals surface area contributed by atoms with Crippen LogP contribution in [0.5, 0.6) is 5.75 Å². The van der Waals surface area contributed by atoms with Crippen LogP contribution in [-0.2, 0) is 6.18 Å². The molecule has 0 saturated heterocycles. The largest absolute Gasteiger partial charge is 0.491 e. The molecular formula is C11H11F3N2O. The van der Waals surface area contributed by atoms with Crippen molar-refractivity contribution in [1.82, 2.24) is 9.38 Å². The van der Waals surface area contributed by atoms with Crippen LogP contribution in [0.1, 0.15) is 19.5 Å². The first-order chi connectivity index (χ1) is 7.86. The summed E-state index contributed by atoms with van der Waals surface area (Å²) in [6, 6.07) is 3.09. The van der Waals surface area contributed by atoms with Gasteiger partial charge >= 0.3 is 6.18 Å². The highest BCUT2D eigenvalue weighted by atomic mass is 19.4. The second kappa shape index (κ2) is 3.94. The lowest BCUT2D eigenvalue weighted by Gasteiger charge is -2.08. The standard InChI is InChI=1S/C11H11F3N2O/c1-7(2)17-8-3-4-16-6-9(11(12,13)14)15-10(16)5-8/h3-7H,1-2H3. The SMILES string of the molecule is CC(C)Oc1ccn2cc(C(F)(F)F)nc2c1. The number of ether oxygens (including phenoxy) is 1. The third-order valence-electron chi connectivity index (χ3n) is 2.09. The Morgan fingerprint density at radius 2 is 2.06 bits per heavy atom. The quantitative estimate of drug-likeness (QED) is 0.811. The molecule has 3 nitrogen and oxygen atoms in total. The second-order valence-electron chi connectivity index (χ2n) is 3.92. The molecule has 2 heterocycles. The average Bonchev–Trinajstić information content (AvgIpc) is 2.58. The minimum absolute atomic E-state index is 0.0329. The molecule has 0 atom stereocenters. The summed E-state index contributed by atoms with van der Waals surface area (Å²) in [4.78, 5) is 3.51. The summed E-state index contributed by atoms with van der Waals surface area (Å²) in [5, 5.41) is 0. The minimum atomic E-state index is -4.43. The molecule has 0 aliphatic carbocycles. The molecule has 0 fully saturated rings. The Balaban J connectivity index is 2.41. The zero-order valence-electron chi connectivity index (χ0n) is 9.32. The third kappa shape index (κ3) is 2.51. The Bertz CT molecular complexity index is 531. The molecule has 0 saturated carbocycles. The second-order valence-corrected chi connectivity index (χ2v) is 3.92. The topological polar surface area (TPSA) is 26.5 Å². The van der Waals surface area contributed by atoms with Gasteiger partial charge in [-0.25, -0.2) is 4.98 Å². The van der Waals surface area contributed by atoms with Crippen molar-refractivity contribution in [3.05, 3.63) is 30.2 Å². The van der Waals surface area contributed by atoms with Crippen LogP contribution in [0.25, 0.3) is 5.65 Å². The first kappa shape index (κ1) is 11.8. The molecule has 2 aromatic heterocycles. The molecule has 2 aromatic rings. The van der Waals surface area contributed by atoms with E-state index in [0.29, 0.717) is 5.75 Å². The van der Waals surface area contributed by atoms with E-state index in [9.17, 15) is 13.2 Å². The summed E-state index contributed by atoms with van der Waals surface area (Å²) < 4.78 is 44.0. The van der Waals surface area contributed by atoms with E-state index in [4.69, 9.17) is 4.74 Å². The van der Waals surface area contributed by atoms with Gasteiger partial charge in [-0.15, -0.1) is 0 Å². The van der Waals surface area contributed by atoms with Crippen LogP contribution >= 0.6 is 0 Å². The van der Waals surface area contributed by atoms with Crippen molar-refractivity contribution in [1.29, 1.82) is 0 Å². The number of rotatable bonds is 2. The zero-order chi connectivity index (χ0) is 12.6. The van der Waals surface area contributed by atoms with Gasteiger partial charge in [-0.3, -0.25) is 0 Å². The number of imidazole rings is 1. The van der Waals surface area contributed by atoms with E-state index in [-0.39, 0.29) is 11.8 Å². The molecule has 0 aromatic carbocycles.